The molecule has 1 aliphatic heterocycles. The summed E-state index contributed by atoms with van der Waals surface area (Å²) in [4.78, 5) is 8.85. The van der Waals surface area contributed by atoms with Gasteiger partial charge in [-0.15, -0.1) is 0 Å². The van der Waals surface area contributed by atoms with Crippen LogP contribution in [0.1, 0.15) is 17.1 Å². The van der Waals surface area contributed by atoms with Crippen LogP contribution in [0.25, 0.3) is 0 Å². The van der Waals surface area contributed by atoms with Crippen molar-refractivity contribution in [1.29, 1.82) is 0 Å². The van der Waals surface area contributed by atoms with Crippen molar-refractivity contribution in [2.24, 2.45) is 5.84 Å². The maximum atomic E-state index is 5.44. The fraction of sp³-hybridized carbons (Fsp3) is 0.556. The van der Waals surface area contributed by atoms with Gasteiger partial charge in [0.05, 0.1) is 24.7 Å². The Morgan fingerprint density at radius 1 is 1.53 bits per heavy atom. The van der Waals surface area contributed by atoms with Gasteiger partial charge < -0.3 is 10.2 Å². The number of rotatable bonds is 3. The van der Waals surface area contributed by atoms with Crippen LogP contribution in [-0.2, 0) is 23.5 Å². The Morgan fingerprint density at radius 2 is 2.40 bits per heavy atom. The van der Waals surface area contributed by atoms with E-state index >= 15 is 0 Å². The van der Waals surface area contributed by atoms with Crippen molar-refractivity contribution >= 4 is 17.6 Å². The van der Waals surface area contributed by atoms with Gasteiger partial charge in [0.15, 0.2) is 0 Å². The van der Waals surface area contributed by atoms with Crippen LogP contribution in [0.2, 0.25) is 0 Å². The molecule has 0 unspecified atom stereocenters. The van der Waals surface area contributed by atoms with E-state index in [2.05, 4.69) is 15.4 Å². The third-order valence-electron chi connectivity index (χ3n) is 2.28. The second-order valence-electron chi connectivity index (χ2n) is 3.29. The number of nitrogens with zero attached hydrogens (tertiary/aromatic N) is 2. The summed E-state index contributed by atoms with van der Waals surface area (Å²) in [6.45, 7) is 1.28. The van der Waals surface area contributed by atoms with Crippen LogP contribution in [0.3, 0.4) is 0 Å². The molecule has 1 aromatic heterocycles. The van der Waals surface area contributed by atoms with Gasteiger partial charge in [0, 0.05) is 12.0 Å². The fourth-order valence-electron chi connectivity index (χ4n) is 1.60. The Hall–Kier alpha value is -0.850. The summed E-state index contributed by atoms with van der Waals surface area (Å²) in [5.41, 5.74) is 4.67. The molecule has 82 valence electrons. The number of thioether (sulfide) groups is 1. The lowest BCUT2D eigenvalue weighted by atomic mass is 10.1. The SMILES string of the molecule is CSCc1nc2c(c(NN)n1)COCC2. The molecule has 6 heteroatoms. The summed E-state index contributed by atoms with van der Waals surface area (Å²) in [6.07, 6.45) is 2.87. The highest BCUT2D eigenvalue weighted by molar-refractivity contribution is 7.97. The predicted molar refractivity (Wildman–Crippen MR) is 60.4 cm³/mol. The number of nitrogen functional groups attached to an aromatic ring is 1. The van der Waals surface area contributed by atoms with E-state index in [0.717, 1.165) is 35.9 Å². The quantitative estimate of drug-likeness (QED) is 0.584. The summed E-state index contributed by atoms with van der Waals surface area (Å²) in [5, 5.41) is 0. The van der Waals surface area contributed by atoms with Crippen molar-refractivity contribution in [2.45, 2.75) is 18.8 Å². The van der Waals surface area contributed by atoms with Crippen molar-refractivity contribution in [1.82, 2.24) is 9.97 Å². The smallest absolute Gasteiger partial charge is 0.149 e. The van der Waals surface area contributed by atoms with Crippen molar-refractivity contribution in [3.05, 3.63) is 17.1 Å². The lowest BCUT2D eigenvalue weighted by Crippen LogP contribution is -2.20. The minimum atomic E-state index is 0.550. The van der Waals surface area contributed by atoms with Crippen molar-refractivity contribution < 1.29 is 4.74 Å². The molecule has 1 aliphatic rings. The normalized spacial score (nSPS) is 14.8. The lowest BCUT2D eigenvalue weighted by Gasteiger charge is -2.18. The zero-order valence-corrected chi connectivity index (χ0v) is 9.43. The molecule has 5 nitrogen and oxygen atoms in total. The molecule has 0 aromatic carbocycles. The summed E-state index contributed by atoms with van der Waals surface area (Å²) >= 11 is 1.70. The molecule has 0 saturated carbocycles. The van der Waals surface area contributed by atoms with Gasteiger partial charge in [0.25, 0.3) is 0 Å². The van der Waals surface area contributed by atoms with Crippen LogP contribution in [0.15, 0.2) is 0 Å². The molecular weight excluding hydrogens is 212 g/mol. The monoisotopic (exact) mass is 226 g/mol. The zero-order valence-electron chi connectivity index (χ0n) is 8.62. The molecule has 0 atom stereocenters. The maximum absolute atomic E-state index is 5.44. The maximum Gasteiger partial charge on any atom is 0.149 e. The number of fused-ring (bicyclic) bond motifs is 1. The molecule has 2 rings (SSSR count). The van der Waals surface area contributed by atoms with E-state index in [9.17, 15) is 0 Å². The number of nitrogens with one attached hydrogen (secondary N) is 1. The minimum Gasteiger partial charge on any atom is -0.376 e. The van der Waals surface area contributed by atoms with E-state index in [0.29, 0.717) is 12.4 Å². The number of ether oxygens (including phenoxy) is 1. The lowest BCUT2D eigenvalue weighted by molar-refractivity contribution is 0.109. The van der Waals surface area contributed by atoms with E-state index < -0.39 is 0 Å². The van der Waals surface area contributed by atoms with Gasteiger partial charge in [0.2, 0.25) is 0 Å². The summed E-state index contributed by atoms with van der Waals surface area (Å²) in [7, 11) is 0. The number of hydrazine groups is 1. The largest absolute Gasteiger partial charge is 0.376 e. The zero-order chi connectivity index (χ0) is 10.7. The van der Waals surface area contributed by atoms with E-state index in [1.165, 1.54) is 0 Å². The molecule has 15 heavy (non-hydrogen) atoms. The Balaban J connectivity index is 2.38. The first-order valence-electron chi connectivity index (χ1n) is 4.77. The van der Waals surface area contributed by atoms with Crippen LogP contribution in [0.5, 0.6) is 0 Å². The van der Waals surface area contributed by atoms with Gasteiger partial charge in [-0.05, 0) is 6.26 Å². The molecule has 0 radical (unpaired) electrons. The highest BCUT2D eigenvalue weighted by Crippen LogP contribution is 2.22. The molecule has 0 saturated heterocycles. The summed E-state index contributed by atoms with van der Waals surface area (Å²) in [5.74, 6) is 7.77. The second-order valence-corrected chi connectivity index (χ2v) is 4.16. The van der Waals surface area contributed by atoms with Gasteiger partial charge in [-0.1, -0.05) is 0 Å². The Morgan fingerprint density at radius 3 is 3.13 bits per heavy atom. The van der Waals surface area contributed by atoms with Crippen LogP contribution in [0.4, 0.5) is 5.82 Å². The number of anilines is 1. The van der Waals surface area contributed by atoms with Crippen molar-refractivity contribution in [3.63, 3.8) is 0 Å². The van der Waals surface area contributed by atoms with Crippen LogP contribution < -0.4 is 11.3 Å². The standard InChI is InChI=1S/C9H14N4OS/c1-15-5-8-11-7-2-3-14-4-6(7)9(12-8)13-10/h2-5,10H2,1H3,(H,11,12,13). The first-order chi connectivity index (χ1) is 7.35. The number of hydrogen-bond acceptors (Lipinski definition) is 6. The topological polar surface area (TPSA) is 73.1 Å². The Labute approximate surface area is 92.8 Å². The highest BCUT2D eigenvalue weighted by atomic mass is 32.2. The third-order valence-corrected chi connectivity index (χ3v) is 2.83. The van der Waals surface area contributed by atoms with Gasteiger partial charge in [0.1, 0.15) is 11.6 Å². The first kappa shape index (κ1) is 10.7. The Kier molecular flexibility index (Phi) is 3.40. The van der Waals surface area contributed by atoms with Crippen LogP contribution in [0, 0.1) is 0 Å². The molecule has 1 aromatic rings. The minimum absolute atomic E-state index is 0.550. The average Bonchev–Trinajstić information content (AvgIpc) is 2.28. The van der Waals surface area contributed by atoms with E-state index in [4.69, 9.17) is 10.6 Å². The molecule has 0 amide bonds. The van der Waals surface area contributed by atoms with Gasteiger partial charge >= 0.3 is 0 Å². The molecule has 0 spiro atoms. The van der Waals surface area contributed by atoms with E-state index in [1.54, 1.807) is 11.8 Å². The second kappa shape index (κ2) is 4.78. The molecule has 2 heterocycles. The molecular formula is C9H14N4OS. The number of nitrogens with two attached hydrogens (primary N) is 1. The van der Waals surface area contributed by atoms with Crippen molar-refractivity contribution in [2.75, 3.05) is 18.3 Å². The van der Waals surface area contributed by atoms with Crippen LogP contribution >= 0.6 is 11.8 Å². The first-order valence-corrected chi connectivity index (χ1v) is 6.16. The van der Waals surface area contributed by atoms with Gasteiger partial charge in [-0.3, -0.25) is 0 Å². The number of hydrogen-bond donors (Lipinski definition) is 2. The van der Waals surface area contributed by atoms with Gasteiger partial charge in [-0.25, -0.2) is 15.8 Å². The summed E-state index contributed by atoms with van der Waals surface area (Å²) < 4.78 is 5.36. The molecule has 0 fully saturated rings. The summed E-state index contributed by atoms with van der Waals surface area (Å²) in [6, 6.07) is 0. The molecule has 0 aliphatic carbocycles. The third kappa shape index (κ3) is 2.22. The molecule has 3 N–H and O–H groups in total. The van der Waals surface area contributed by atoms with Crippen molar-refractivity contribution in [3.8, 4) is 0 Å². The van der Waals surface area contributed by atoms with E-state index in [-0.39, 0.29) is 0 Å². The average molecular weight is 226 g/mol. The highest BCUT2D eigenvalue weighted by Gasteiger charge is 2.17. The van der Waals surface area contributed by atoms with Gasteiger partial charge in [-0.2, -0.15) is 11.8 Å². The molecule has 0 bridgehead atoms. The van der Waals surface area contributed by atoms with E-state index in [1.807, 2.05) is 6.26 Å². The fourth-order valence-corrected chi connectivity index (χ4v) is 1.98. The predicted octanol–water partition coefficient (Wildman–Crippen LogP) is 0.698. The number of aromatic nitrogens is 2. The Bertz CT molecular complexity index is 341. The van der Waals surface area contributed by atoms with Crippen LogP contribution in [-0.4, -0.2) is 22.8 Å².